The van der Waals surface area contributed by atoms with Crippen LogP contribution in [0.1, 0.15) is 12.8 Å². The second-order valence-electron chi connectivity index (χ2n) is 8.09. The van der Waals surface area contributed by atoms with Crippen LogP contribution >= 0.6 is 26.2 Å². The zero-order chi connectivity index (χ0) is 16.9. The van der Waals surface area contributed by atoms with E-state index in [9.17, 15) is 0 Å². The van der Waals surface area contributed by atoms with Gasteiger partial charge in [-0.05, 0) is 0 Å². The molecule has 2 aromatic rings. The molecular weight excluding hydrogens is 338 g/mol. The van der Waals surface area contributed by atoms with Gasteiger partial charge in [0.1, 0.15) is 0 Å². The molecule has 23 heavy (non-hydrogen) atoms. The maximum absolute atomic E-state index is 2.65. The van der Waals surface area contributed by atoms with Crippen LogP contribution in [-0.4, -0.2) is 63.2 Å². The quantitative estimate of drug-likeness (QED) is 0.747. The molecule has 0 spiro atoms. The third kappa shape index (κ3) is 3.00. The van der Waals surface area contributed by atoms with E-state index in [0.29, 0.717) is 0 Å². The Bertz CT molecular complexity index is 703. The average Bonchev–Trinajstić information content (AvgIpc) is 3.00. The number of thiophene rings is 1. The Labute approximate surface area is 146 Å². The van der Waals surface area contributed by atoms with Gasteiger partial charge < -0.3 is 0 Å². The molecule has 1 aromatic heterocycles. The number of hydrogen-bond donors (Lipinski definition) is 0. The Morgan fingerprint density at radius 3 is 2.09 bits per heavy atom. The third-order valence-corrected chi connectivity index (χ3v) is 14.9. The van der Waals surface area contributed by atoms with Crippen molar-refractivity contribution in [2.24, 2.45) is 0 Å². The molecule has 0 radical (unpaired) electrons. The van der Waals surface area contributed by atoms with Crippen LogP contribution in [0, 0.1) is 0 Å². The van der Waals surface area contributed by atoms with Gasteiger partial charge in [0.05, 0.1) is 0 Å². The second kappa shape index (κ2) is 6.04. The molecule has 0 unspecified atom stereocenters. The van der Waals surface area contributed by atoms with Crippen LogP contribution in [0.4, 0.5) is 0 Å². The first-order chi connectivity index (χ1) is 10.7. The molecule has 1 fully saturated rings. The molecule has 128 valence electrons. The van der Waals surface area contributed by atoms with E-state index in [1.165, 1.54) is 29.9 Å². The Morgan fingerprint density at radius 2 is 1.52 bits per heavy atom. The van der Waals surface area contributed by atoms with Gasteiger partial charge in [-0.1, -0.05) is 0 Å². The van der Waals surface area contributed by atoms with Crippen molar-refractivity contribution < 1.29 is 0 Å². The van der Waals surface area contributed by atoms with Crippen molar-refractivity contribution in [3.8, 4) is 0 Å². The van der Waals surface area contributed by atoms with E-state index < -0.39 is 14.8 Å². The molecule has 0 amide bonds. The molecule has 1 saturated heterocycles. The number of hydrogen-bond acceptors (Lipinski definition) is 3. The molecule has 0 atom stereocenters. The van der Waals surface area contributed by atoms with Crippen molar-refractivity contribution >= 4 is 46.2 Å². The summed E-state index contributed by atoms with van der Waals surface area (Å²) in [6, 6.07) is 9.12. The van der Waals surface area contributed by atoms with Gasteiger partial charge in [-0.2, -0.15) is 0 Å². The van der Waals surface area contributed by atoms with Crippen LogP contribution < -0.4 is 9.92 Å². The monoisotopic (exact) mass is 368 g/mol. The van der Waals surface area contributed by atoms with Crippen LogP contribution in [0.2, 0.25) is 0 Å². The summed E-state index contributed by atoms with van der Waals surface area (Å²) in [4.78, 5) is 0. The van der Waals surface area contributed by atoms with Crippen LogP contribution in [0.15, 0.2) is 24.3 Å². The van der Waals surface area contributed by atoms with Crippen molar-refractivity contribution in [1.29, 1.82) is 0 Å². The van der Waals surface area contributed by atoms with Crippen LogP contribution in [0.25, 0.3) is 10.1 Å². The van der Waals surface area contributed by atoms with E-state index in [0.717, 1.165) is 0 Å². The average molecular weight is 368 g/mol. The van der Waals surface area contributed by atoms with Gasteiger partial charge in [0, 0.05) is 0 Å². The van der Waals surface area contributed by atoms with Gasteiger partial charge in [0.15, 0.2) is 0 Å². The normalized spacial score (nSPS) is 22.0. The predicted octanol–water partition coefficient (Wildman–Crippen LogP) is 4.19. The van der Waals surface area contributed by atoms with Gasteiger partial charge in [-0.3, -0.25) is 0 Å². The van der Waals surface area contributed by atoms with Crippen LogP contribution in [-0.2, 0) is 0 Å². The fourth-order valence-corrected chi connectivity index (χ4v) is 15.6. The summed E-state index contributed by atoms with van der Waals surface area (Å²) in [6.07, 6.45) is 5.69. The Morgan fingerprint density at radius 1 is 0.957 bits per heavy atom. The summed E-state index contributed by atoms with van der Waals surface area (Å²) in [6.45, 7) is 3.51. The van der Waals surface area contributed by atoms with Gasteiger partial charge in [0.2, 0.25) is 0 Å². The van der Waals surface area contributed by atoms with Gasteiger partial charge in [-0.25, -0.2) is 0 Å². The first-order valence-corrected chi connectivity index (χ1v) is 14.0. The maximum atomic E-state index is 2.65. The van der Waals surface area contributed by atoms with E-state index >= 15 is 0 Å². The minimum absolute atomic E-state index is 0.403. The predicted molar refractivity (Wildman–Crippen MR) is 113 cm³/mol. The summed E-state index contributed by atoms with van der Waals surface area (Å²) >= 11 is 2.05. The topological polar surface area (TPSA) is 6.48 Å². The van der Waals surface area contributed by atoms with E-state index in [2.05, 4.69) is 86.5 Å². The fraction of sp³-hybridized carbons (Fsp3) is 0.556. The second-order valence-corrected chi connectivity index (χ2v) is 18.8. The van der Waals surface area contributed by atoms with Gasteiger partial charge in [-0.15, -0.1) is 0 Å². The first kappa shape index (κ1) is 17.8. The molecule has 1 aliphatic rings. The summed E-state index contributed by atoms with van der Waals surface area (Å²) in [5, 5.41) is 3.32. The Balaban J connectivity index is 2.32. The summed E-state index contributed by atoms with van der Waals surface area (Å²) in [5.74, 6) is 0. The van der Waals surface area contributed by atoms with E-state index in [1.807, 2.05) is 0 Å². The summed E-state index contributed by atoms with van der Waals surface area (Å²) < 4.78 is 7.99. The summed E-state index contributed by atoms with van der Waals surface area (Å²) in [7, 11) is 8.54. The van der Waals surface area contributed by atoms with Crippen molar-refractivity contribution in [3.05, 3.63) is 24.3 Å². The zero-order valence-corrected chi connectivity index (χ0v) is 17.9. The van der Waals surface area contributed by atoms with E-state index in [4.69, 9.17) is 0 Å². The Hall–Kier alpha value is -0.0400. The van der Waals surface area contributed by atoms with Crippen LogP contribution in [0.3, 0.4) is 0 Å². The van der Waals surface area contributed by atoms with Gasteiger partial charge >= 0.3 is 146 Å². The molecular formula is C18H30N2P2S. The zero-order valence-electron chi connectivity index (χ0n) is 15.3. The molecule has 2 nitrogen and oxygen atoms in total. The van der Waals surface area contributed by atoms with Crippen LogP contribution in [0.5, 0.6) is 0 Å². The molecule has 3 rings (SSSR count). The molecule has 0 saturated carbocycles. The Kier molecular flexibility index (Phi) is 4.67. The molecule has 0 N–H and O–H groups in total. The summed E-state index contributed by atoms with van der Waals surface area (Å²) in [5.41, 5.74) is 0. The standard InChI is InChI=1S/C18H30N2P2S/c1-19(2)21(20(3)4)18-17(22(5,6)13-9-10-14-22)15-11-7-8-12-16(15)23-18/h7-8,11-12H,9-10,13-14H2,1-6H3. The van der Waals surface area contributed by atoms with Gasteiger partial charge in [0.25, 0.3) is 0 Å². The number of nitrogens with zero attached hydrogens (tertiary/aromatic N) is 2. The van der Waals surface area contributed by atoms with Crippen molar-refractivity contribution in [2.45, 2.75) is 12.8 Å². The SMILES string of the molecule is CN(C)P(c1sc2ccccc2c1P1(C)(C)CCCC1)N(C)C. The van der Waals surface area contributed by atoms with Crippen molar-refractivity contribution in [3.63, 3.8) is 0 Å². The number of rotatable bonds is 4. The van der Waals surface area contributed by atoms with Crippen molar-refractivity contribution in [1.82, 2.24) is 9.34 Å². The molecule has 0 bridgehead atoms. The number of benzene rings is 1. The molecule has 1 aromatic carbocycles. The molecule has 1 aliphatic heterocycles. The van der Waals surface area contributed by atoms with E-state index in [1.54, 1.807) is 15.3 Å². The third-order valence-electron chi connectivity index (χ3n) is 5.25. The minimum atomic E-state index is -1.79. The molecule has 5 heteroatoms. The first-order valence-electron chi connectivity index (χ1n) is 8.40. The molecule has 2 heterocycles. The molecule has 0 aliphatic carbocycles. The number of fused-ring (bicyclic) bond motifs is 1. The fourth-order valence-electron chi connectivity index (χ4n) is 4.19. The van der Waals surface area contributed by atoms with Crippen molar-refractivity contribution in [2.75, 3.05) is 53.8 Å². The van der Waals surface area contributed by atoms with E-state index in [-0.39, 0.29) is 0 Å².